The Bertz CT molecular complexity index is 1350. The summed E-state index contributed by atoms with van der Waals surface area (Å²) in [7, 11) is 0. The van der Waals surface area contributed by atoms with Crippen LogP contribution in [0.2, 0.25) is 0 Å². The molecule has 35 heavy (non-hydrogen) atoms. The Morgan fingerprint density at radius 2 is 1.43 bits per heavy atom. The van der Waals surface area contributed by atoms with Crippen LogP contribution in [0.1, 0.15) is 87.9 Å². The third-order valence-corrected chi connectivity index (χ3v) is 6.40. The number of Topliss-reactive ketones (excluding diaryl/α,β-unsaturated/α-hetero) is 5. The summed E-state index contributed by atoms with van der Waals surface area (Å²) in [5.74, 6) is -1.23. The SMILES string of the molecule is CCCCC1=C(C2=C(C)C(=O)c3ccccc3C2=O)C(=O)c2cc(OCCC(C)=O)ccc2C1=O. The van der Waals surface area contributed by atoms with Crippen LogP contribution in [0, 0.1) is 0 Å². The Morgan fingerprint density at radius 1 is 0.800 bits per heavy atom. The topological polar surface area (TPSA) is 94.6 Å². The smallest absolute Gasteiger partial charge is 0.195 e. The first-order valence-electron chi connectivity index (χ1n) is 11.7. The zero-order valence-corrected chi connectivity index (χ0v) is 20.0. The number of unbranched alkanes of at least 4 members (excludes halogenated alkanes) is 1. The zero-order chi connectivity index (χ0) is 25.3. The van der Waals surface area contributed by atoms with Crippen LogP contribution in [-0.2, 0) is 4.79 Å². The number of carbonyl (C=O) groups excluding carboxylic acids is 5. The molecule has 0 heterocycles. The van der Waals surface area contributed by atoms with E-state index in [0.29, 0.717) is 24.2 Å². The summed E-state index contributed by atoms with van der Waals surface area (Å²) in [5, 5.41) is 0. The van der Waals surface area contributed by atoms with E-state index in [1.807, 2.05) is 6.92 Å². The maximum absolute atomic E-state index is 13.9. The van der Waals surface area contributed by atoms with Gasteiger partial charge in [-0.25, -0.2) is 0 Å². The molecule has 0 aliphatic heterocycles. The second kappa shape index (κ2) is 9.74. The standard InChI is InChI=1S/C29H26O6/c1-4-5-8-22-25(24-17(3)26(31)19-9-6-7-10-20(19)28(24)33)29(34)23-15-18(35-14-13-16(2)30)11-12-21(23)27(22)32/h6-7,9-12,15H,4-5,8,13-14H2,1-3H3. The van der Waals surface area contributed by atoms with Gasteiger partial charge in [0.05, 0.1) is 6.61 Å². The van der Waals surface area contributed by atoms with Gasteiger partial charge in [0.1, 0.15) is 11.5 Å². The number of benzene rings is 2. The van der Waals surface area contributed by atoms with Crippen LogP contribution >= 0.6 is 0 Å². The number of fused-ring (bicyclic) bond motifs is 2. The third kappa shape index (κ3) is 4.32. The van der Waals surface area contributed by atoms with E-state index in [-0.39, 0.29) is 69.4 Å². The van der Waals surface area contributed by atoms with E-state index >= 15 is 0 Å². The molecule has 0 saturated heterocycles. The van der Waals surface area contributed by atoms with Crippen LogP contribution < -0.4 is 4.74 Å². The number of rotatable bonds is 8. The highest BCUT2D eigenvalue weighted by atomic mass is 16.5. The predicted molar refractivity (Wildman–Crippen MR) is 130 cm³/mol. The molecular weight excluding hydrogens is 444 g/mol. The monoisotopic (exact) mass is 470 g/mol. The fourth-order valence-corrected chi connectivity index (χ4v) is 4.52. The third-order valence-electron chi connectivity index (χ3n) is 6.40. The van der Waals surface area contributed by atoms with Crippen molar-refractivity contribution in [2.45, 2.75) is 46.5 Å². The van der Waals surface area contributed by atoms with Gasteiger partial charge in [0, 0.05) is 51.0 Å². The molecule has 0 N–H and O–H groups in total. The molecule has 6 nitrogen and oxygen atoms in total. The summed E-state index contributed by atoms with van der Waals surface area (Å²) < 4.78 is 5.61. The molecule has 0 amide bonds. The Balaban J connectivity index is 1.85. The molecule has 2 aliphatic rings. The van der Waals surface area contributed by atoms with E-state index in [9.17, 15) is 24.0 Å². The van der Waals surface area contributed by atoms with Gasteiger partial charge in [-0.15, -0.1) is 0 Å². The van der Waals surface area contributed by atoms with Crippen molar-refractivity contribution in [1.29, 1.82) is 0 Å². The van der Waals surface area contributed by atoms with E-state index in [0.717, 1.165) is 6.42 Å². The average Bonchev–Trinajstić information content (AvgIpc) is 2.85. The Hall–Kier alpha value is -3.93. The zero-order valence-electron chi connectivity index (χ0n) is 20.0. The summed E-state index contributed by atoms with van der Waals surface area (Å²) in [4.78, 5) is 65.3. The number of carbonyl (C=O) groups is 5. The van der Waals surface area contributed by atoms with Gasteiger partial charge in [-0.05, 0) is 44.9 Å². The van der Waals surface area contributed by atoms with Crippen molar-refractivity contribution in [3.63, 3.8) is 0 Å². The maximum atomic E-state index is 13.9. The van der Waals surface area contributed by atoms with Gasteiger partial charge in [-0.2, -0.15) is 0 Å². The van der Waals surface area contributed by atoms with Gasteiger partial charge < -0.3 is 4.74 Å². The van der Waals surface area contributed by atoms with Crippen molar-refractivity contribution in [3.05, 3.63) is 87.0 Å². The van der Waals surface area contributed by atoms with E-state index in [1.54, 1.807) is 36.4 Å². The van der Waals surface area contributed by atoms with Gasteiger partial charge in [-0.1, -0.05) is 37.6 Å². The maximum Gasteiger partial charge on any atom is 0.195 e. The molecule has 0 radical (unpaired) electrons. The molecule has 6 heteroatoms. The molecule has 4 rings (SSSR count). The number of ketones is 5. The minimum atomic E-state index is -0.474. The minimum absolute atomic E-state index is 0.00621. The number of hydrogen-bond acceptors (Lipinski definition) is 6. The molecule has 2 aliphatic carbocycles. The average molecular weight is 471 g/mol. The van der Waals surface area contributed by atoms with E-state index in [1.165, 1.54) is 19.9 Å². The van der Waals surface area contributed by atoms with Crippen LogP contribution in [-0.4, -0.2) is 35.5 Å². The highest BCUT2D eigenvalue weighted by molar-refractivity contribution is 6.36. The van der Waals surface area contributed by atoms with Crippen molar-refractivity contribution in [1.82, 2.24) is 0 Å². The first-order valence-corrected chi connectivity index (χ1v) is 11.7. The van der Waals surface area contributed by atoms with Gasteiger partial charge in [-0.3, -0.25) is 24.0 Å². The quantitative estimate of drug-likeness (QED) is 0.519. The Labute approximate surface area is 203 Å². The molecule has 2 aromatic rings. The number of hydrogen-bond donors (Lipinski definition) is 0. The van der Waals surface area contributed by atoms with Crippen LogP contribution in [0.3, 0.4) is 0 Å². The van der Waals surface area contributed by atoms with Crippen molar-refractivity contribution in [2.24, 2.45) is 0 Å². The molecular formula is C29H26O6. The van der Waals surface area contributed by atoms with Crippen LogP contribution in [0.15, 0.2) is 64.8 Å². The van der Waals surface area contributed by atoms with Crippen molar-refractivity contribution < 1.29 is 28.7 Å². The molecule has 0 saturated carbocycles. The molecule has 0 spiro atoms. The molecule has 0 aromatic heterocycles. The van der Waals surface area contributed by atoms with Crippen LogP contribution in [0.25, 0.3) is 0 Å². The van der Waals surface area contributed by atoms with Gasteiger partial charge in [0.25, 0.3) is 0 Å². The Kier molecular flexibility index (Phi) is 6.74. The second-order valence-electron chi connectivity index (χ2n) is 8.83. The fraction of sp³-hybridized carbons (Fsp3) is 0.276. The summed E-state index contributed by atoms with van der Waals surface area (Å²) in [6, 6.07) is 11.1. The lowest BCUT2D eigenvalue weighted by molar-refractivity contribution is -0.117. The fourth-order valence-electron chi connectivity index (χ4n) is 4.52. The lowest BCUT2D eigenvalue weighted by atomic mass is 9.73. The summed E-state index contributed by atoms with van der Waals surface area (Å²) in [5.41, 5.74) is 1.36. The second-order valence-corrected chi connectivity index (χ2v) is 8.83. The normalized spacial score (nSPS) is 15.4. The molecule has 0 bridgehead atoms. The van der Waals surface area contributed by atoms with Gasteiger partial charge in [0.15, 0.2) is 23.1 Å². The first-order chi connectivity index (χ1) is 16.8. The first kappa shape index (κ1) is 24.2. The summed E-state index contributed by atoms with van der Waals surface area (Å²) in [6.45, 7) is 5.12. The van der Waals surface area contributed by atoms with Crippen molar-refractivity contribution in [3.8, 4) is 5.75 Å². The highest BCUT2D eigenvalue weighted by Crippen LogP contribution is 2.39. The Morgan fingerprint density at radius 3 is 2.09 bits per heavy atom. The van der Waals surface area contributed by atoms with E-state index in [4.69, 9.17) is 4.74 Å². The minimum Gasteiger partial charge on any atom is -0.493 e. The molecule has 2 aromatic carbocycles. The van der Waals surface area contributed by atoms with Gasteiger partial charge >= 0.3 is 0 Å². The van der Waals surface area contributed by atoms with Crippen molar-refractivity contribution >= 4 is 28.9 Å². The lowest BCUT2D eigenvalue weighted by Gasteiger charge is -2.26. The van der Waals surface area contributed by atoms with E-state index in [2.05, 4.69) is 0 Å². The summed E-state index contributed by atoms with van der Waals surface area (Å²) in [6.07, 6.45) is 2.00. The largest absolute Gasteiger partial charge is 0.493 e. The summed E-state index contributed by atoms with van der Waals surface area (Å²) >= 11 is 0. The number of ether oxygens (including phenoxy) is 1. The highest BCUT2D eigenvalue weighted by Gasteiger charge is 2.40. The molecule has 0 fully saturated rings. The van der Waals surface area contributed by atoms with Gasteiger partial charge in [0.2, 0.25) is 0 Å². The lowest BCUT2D eigenvalue weighted by Crippen LogP contribution is -2.29. The van der Waals surface area contributed by atoms with E-state index < -0.39 is 11.6 Å². The molecule has 0 unspecified atom stereocenters. The predicted octanol–water partition coefficient (Wildman–Crippen LogP) is 5.31. The van der Waals surface area contributed by atoms with Crippen LogP contribution in [0.4, 0.5) is 0 Å². The molecule has 178 valence electrons. The molecule has 0 atom stereocenters. The van der Waals surface area contributed by atoms with Crippen molar-refractivity contribution in [2.75, 3.05) is 6.61 Å². The van der Waals surface area contributed by atoms with Crippen LogP contribution in [0.5, 0.6) is 5.75 Å². The number of allylic oxidation sites excluding steroid dienone is 4.